The van der Waals surface area contributed by atoms with Gasteiger partial charge in [0.15, 0.2) is 0 Å². The molecule has 3 N–H and O–H groups in total. The highest BCUT2D eigenvalue weighted by atomic mass is 16.3. The summed E-state index contributed by atoms with van der Waals surface area (Å²) in [7, 11) is 0. The first kappa shape index (κ1) is 3.01. The molecule has 66 valence electrons. The van der Waals surface area contributed by atoms with Crippen LogP contribution in [0.1, 0.15) is 22.6 Å². The zero-order valence-corrected chi connectivity index (χ0v) is 6.10. The zero-order valence-electron chi connectivity index (χ0n) is 14.1. The maximum absolute atomic E-state index is 9.91. The van der Waals surface area contributed by atoms with E-state index < -0.39 is 55.1 Å². The fraction of sp³-hybridized carbons (Fsp3) is 0.333. The molecular formula is C9H13NO2. The topological polar surface area (TPSA) is 52.5 Å². The molecular weight excluding hydrogens is 154 g/mol. The normalized spacial score (nSPS) is 26.1. The van der Waals surface area contributed by atoms with Crippen LogP contribution in [0.5, 0.6) is 5.75 Å². The van der Waals surface area contributed by atoms with E-state index in [9.17, 15) is 10.2 Å². The Balaban J connectivity index is 3.32. The lowest BCUT2D eigenvalue weighted by molar-refractivity contribution is 0.177. The average molecular weight is 175 g/mol. The van der Waals surface area contributed by atoms with Crippen LogP contribution in [0, 0.1) is 0 Å². The number of rotatable bonds is 3. The van der Waals surface area contributed by atoms with Gasteiger partial charge in [-0.1, -0.05) is 12.1 Å². The predicted octanol–water partition coefficient (Wildman–Crippen LogP) is 0.645. The van der Waals surface area contributed by atoms with Gasteiger partial charge in [0.1, 0.15) is 5.75 Å². The van der Waals surface area contributed by atoms with Crippen LogP contribution in [0.2, 0.25) is 0 Å². The molecule has 1 atom stereocenters. The van der Waals surface area contributed by atoms with E-state index in [4.69, 9.17) is 11.0 Å². The fourth-order valence-electron chi connectivity index (χ4n) is 0.650. The highest BCUT2D eigenvalue weighted by molar-refractivity contribution is 5.28. The Morgan fingerprint density at radius 1 is 1.83 bits per heavy atom. The lowest BCUT2D eigenvalue weighted by Crippen LogP contribution is -2.16. The Labute approximate surface area is 82.9 Å². The second-order valence-electron chi connectivity index (χ2n) is 2.02. The molecule has 12 heavy (non-hydrogen) atoms. The van der Waals surface area contributed by atoms with Gasteiger partial charge in [-0.05, 0) is 24.6 Å². The third-order valence-corrected chi connectivity index (χ3v) is 1.16. The summed E-state index contributed by atoms with van der Waals surface area (Å²) < 4.78 is 58.2. The van der Waals surface area contributed by atoms with Gasteiger partial charge in [0, 0.05) is 10.7 Å². The van der Waals surface area contributed by atoms with Crippen LogP contribution in [0.25, 0.3) is 0 Å². The van der Waals surface area contributed by atoms with Crippen LogP contribution in [0.15, 0.2) is 24.2 Å². The SMILES string of the molecule is [2H]c1c([2H])c(O)c([2H])c([C@@]([2H])(O)CNC([2H])([2H])[2H])c1[2H]. The second kappa shape index (κ2) is 4.09. The molecule has 0 saturated heterocycles. The van der Waals surface area contributed by atoms with Gasteiger partial charge in [0.05, 0.1) is 12.9 Å². The van der Waals surface area contributed by atoms with Crippen LogP contribution < -0.4 is 5.32 Å². The Morgan fingerprint density at radius 2 is 2.67 bits per heavy atom. The van der Waals surface area contributed by atoms with E-state index in [2.05, 4.69) is 0 Å². The summed E-state index contributed by atoms with van der Waals surface area (Å²) >= 11 is 0. The van der Waals surface area contributed by atoms with Crippen molar-refractivity contribution in [2.24, 2.45) is 0 Å². The third-order valence-electron chi connectivity index (χ3n) is 1.16. The number of likely N-dealkylation sites (N-methyl/N-ethyl adjacent to an activating group) is 1. The molecule has 0 amide bonds. The summed E-state index contributed by atoms with van der Waals surface area (Å²) in [4.78, 5) is 0. The van der Waals surface area contributed by atoms with Gasteiger partial charge in [0.25, 0.3) is 0 Å². The minimum Gasteiger partial charge on any atom is -0.508 e. The number of aliphatic hydroxyl groups is 1. The average Bonchev–Trinajstić information content (AvgIpc) is 2.31. The number of benzene rings is 1. The molecule has 1 rings (SSSR count). The molecule has 0 radical (unpaired) electrons. The monoisotopic (exact) mass is 175 g/mol. The van der Waals surface area contributed by atoms with Crippen molar-refractivity contribution in [2.75, 3.05) is 13.5 Å². The van der Waals surface area contributed by atoms with Crippen LogP contribution >= 0.6 is 0 Å². The summed E-state index contributed by atoms with van der Waals surface area (Å²) in [5.41, 5.74) is -0.729. The van der Waals surface area contributed by atoms with E-state index in [1.54, 1.807) is 0 Å². The summed E-state index contributed by atoms with van der Waals surface area (Å²) in [5.74, 6) is -0.944. The van der Waals surface area contributed by atoms with Crippen LogP contribution in [-0.2, 0) is 0 Å². The molecule has 0 bridgehead atoms. The smallest absolute Gasteiger partial charge is 0.115 e. The lowest BCUT2D eigenvalue weighted by Gasteiger charge is -2.09. The largest absolute Gasteiger partial charge is 0.508 e. The van der Waals surface area contributed by atoms with E-state index in [0.717, 1.165) is 0 Å². The summed E-state index contributed by atoms with van der Waals surface area (Å²) in [6.07, 6.45) is -2.70. The van der Waals surface area contributed by atoms with Gasteiger partial charge in [-0.15, -0.1) is 0 Å². The minimum absolute atomic E-state index is 0.729. The van der Waals surface area contributed by atoms with Crippen molar-refractivity contribution in [3.63, 3.8) is 0 Å². The number of hydrogen-bond donors (Lipinski definition) is 3. The van der Waals surface area contributed by atoms with E-state index in [1.165, 1.54) is 0 Å². The third kappa shape index (κ3) is 2.22. The Hall–Kier alpha value is -1.06. The summed E-state index contributed by atoms with van der Waals surface area (Å²) in [6.45, 7) is -3.47. The lowest BCUT2D eigenvalue weighted by atomic mass is 10.1. The van der Waals surface area contributed by atoms with Crippen molar-refractivity contribution in [1.29, 1.82) is 0 Å². The molecule has 0 aliphatic rings. The zero-order chi connectivity index (χ0) is 15.9. The standard InChI is InChI=1S/C9H13NO2/c1-10-6-9(12)7-3-2-4-8(11)5-7/h2-5,9-12H,6H2,1H3/t9-/m0/s1/i1D3,2D,3D,4D,5D,9D. The van der Waals surface area contributed by atoms with Crippen molar-refractivity contribution in [3.8, 4) is 5.75 Å². The number of aromatic hydroxyl groups is 1. The highest BCUT2D eigenvalue weighted by Crippen LogP contribution is 2.17. The Bertz CT molecular complexity index is 499. The van der Waals surface area contributed by atoms with Crippen molar-refractivity contribution in [3.05, 3.63) is 29.7 Å². The second-order valence-corrected chi connectivity index (χ2v) is 2.02. The predicted molar refractivity (Wildman–Crippen MR) is 47.0 cm³/mol. The first-order chi connectivity index (χ1) is 8.88. The molecule has 3 nitrogen and oxygen atoms in total. The molecule has 0 aromatic heterocycles. The Kier molecular flexibility index (Phi) is 1.03. The van der Waals surface area contributed by atoms with Gasteiger partial charge in [-0.25, -0.2) is 0 Å². The molecule has 0 spiro atoms. The molecule has 0 aliphatic heterocycles. The molecule has 0 saturated carbocycles. The summed E-state index contributed by atoms with van der Waals surface area (Å²) in [6, 6.07) is -3.14. The van der Waals surface area contributed by atoms with Crippen molar-refractivity contribution in [1.82, 2.24) is 5.32 Å². The maximum atomic E-state index is 9.91. The van der Waals surface area contributed by atoms with Crippen molar-refractivity contribution >= 4 is 0 Å². The Morgan fingerprint density at radius 3 is 3.42 bits per heavy atom. The highest BCUT2D eigenvalue weighted by Gasteiger charge is 2.05. The van der Waals surface area contributed by atoms with Gasteiger partial charge < -0.3 is 15.5 Å². The van der Waals surface area contributed by atoms with Gasteiger partial charge >= 0.3 is 0 Å². The minimum atomic E-state index is -2.70. The van der Waals surface area contributed by atoms with E-state index in [0.29, 0.717) is 0 Å². The van der Waals surface area contributed by atoms with E-state index in [1.807, 2.05) is 5.32 Å². The number of hydrogen-bond acceptors (Lipinski definition) is 3. The molecule has 0 unspecified atom stereocenters. The number of nitrogens with one attached hydrogen (secondary N) is 1. The van der Waals surface area contributed by atoms with Crippen molar-refractivity contribution in [2.45, 2.75) is 6.08 Å². The van der Waals surface area contributed by atoms with Gasteiger partial charge in [-0.2, -0.15) is 0 Å². The molecule has 1 aromatic rings. The molecule has 0 aliphatic carbocycles. The quantitative estimate of drug-likeness (QED) is 0.632. The van der Waals surface area contributed by atoms with Gasteiger partial charge in [0.2, 0.25) is 0 Å². The number of phenolic OH excluding ortho intramolecular Hbond substituents is 1. The first-order valence-corrected chi connectivity index (χ1v) is 3.15. The van der Waals surface area contributed by atoms with Crippen molar-refractivity contribution < 1.29 is 21.2 Å². The van der Waals surface area contributed by atoms with Crippen LogP contribution in [0.4, 0.5) is 0 Å². The fourth-order valence-corrected chi connectivity index (χ4v) is 0.650. The number of phenols is 1. The van der Waals surface area contributed by atoms with Crippen LogP contribution in [-0.4, -0.2) is 23.7 Å². The molecule has 0 heterocycles. The molecule has 3 heteroatoms. The summed E-state index contributed by atoms with van der Waals surface area (Å²) in [5, 5.41) is 21.3. The van der Waals surface area contributed by atoms with E-state index >= 15 is 0 Å². The van der Waals surface area contributed by atoms with Gasteiger partial charge in [-0.3, -0.25) is 0 Å². The molecule has 0 fully saturated rings. The maximum Gasteiger partial charge on any atom is 0.115 e. The van der Waals surface area contributed by atoms with Crippen LogP contribution in [0.3, 0.4) is 0 Å². The first-order valence-electron chi connectivity index (χ1n) is 7.15. The molecule has 1 aromatic carbocycles. The van der Waals surface area contributed by atoms with E-state index in [-0.39, 0.29) is 0 Å².